The predicted molar refractivity (Wildman–Crippen MR) is 276 cm³/mol. The van der Waals surface area contributed by atoms with E-state index in [1.807, 2.05) is 85.9 Å². The molecule has 1 heterocycles. The number of hydrogen-bond acceptors (Lipinski definition) is 3. The number of fused-ring (bicyclic) bond motifs is 4. The summed E-state index contributed by atoms with van der Waals surface area (Å²) < 4.78 is 2.13. The van der Waals surface area contributed by atoms with Crippen LogP contribution in [0.5, 0.6) is 0 Å². The molecule has 0 saturated carbocycles. The zero-order valence-electron chi connectivity index (χ0n) is 36.2. The molecule has 0 unspecified atom stereocenters. The summed E-state index contributed by atoms with van der Waals surface area (Å²) in [6, 6.07) is 62.9. The summed E-state index contributed by atoms with van der Waals surface area (Å²) in [5, 5.41) is 13.4. The number of nitrogens with two attached hydrogens (primary N) is 1. The Hall–Kier alpha value is -8.42. The fourth-order valence-corrected chi connectivity index (χ4v) is 9.03. The van der Waals surface area contributed by atoms with Crippen LogP contribution in [0.15, 0.2) is 221 Å². The van der Waals surface area contributed by atoms with E-state index in [1.165, 1.54) is 0 Å². The van der Waals surface area contributed by atoms with Gasteiger partial charge in [0.05, 0.1) is 23.3 Å². The lowest BCUT2D eigenvalue weighted by Gasteiger charge is -2.26. The summed E-state index contributed by atoms with van der Waals surface area (Å²) in [4.78, 5) is 17.0. The van der Waals surface area contributed by atoms with E-state index in [2.05, 4.69) is 143 Å². The smallest absolute Gasteiger partial charge is 0.229 e. The van der Waals surface area contributed by atoms with E-state index in [9.17, 15) is 5.41 Å². The Labute approximate surface area is 379 Å². The first-order valence-electron chi connectivity index (χ1n) is 21.9. The first kappa shape index (κ1) is 40.6. The molecule has 9 aromatic rings. The van der Waals surface area contributed by atoms with Crippen LogP contribution < -0.4 is 10.6 Å². The molecule has 7 nitrogen and oxygen atoms in total. The molecule has 0 saturated heterocycles. The fourth-order valence-electron chi connectivity index (χ4n) is 9.03. The Morgan fingerprint density at radius 3 is 2.03 bits per heavy atom. The van der Waals surface area contributed by atoms with Gasteiger partial charge in [-0.25, -0.2) is 15.0 Å². The third kappa shape index (κ3) is 7.85. The number of nitrogens with zero attached hydrogens (tertiary/aromatic N) is 5. The highest BCUT2D eigenvalue weighted by Gasteiger charge is 2.25. The van der Waals surface area contributed by atoms with Gasteiger partial charge in [-0.05, 0) is 88.7 Å². The van der Waals surface area contributed by atoms with Crippen LogP contribution in [-0.4, -0.2) is 36.0 Å². The Morgan fingerprint density at radius 2 is 1.32 bits per heavy atom. The molecule has 314 valence electrons. The number of hydrogen-bond donors (Lipinski definition) is 2. The van der Waals surface area contributed by atoms with Crippen molar-refractivity contribution in [3.8, 4) is 33.4 Å². The molecule has 3 N–H and O–H groups in total. The minimum Gasteiger partial charge on any atom is -0.398 e. The lowest BCUT2D eigenvalue weighted by Crippen LogP contribution is -2.29. The summed E-state index contributed by atoms with van der Waals surface area (Å²) in [6.45, 7) is 4.50. The lowest BCUT2D eigenvalue weighted by molar-refractivity contribution is 1.03. The maximum atomic E-state index is 9.32. The highest BCUT2D eigenvalue weighted by Crippen LogP contribution is 2.45. The second kappa shape index (κ2) is 17.8. The molecule has 0 radical (unpaired) electrons. The molecular weight excluding hydrogens is 795 g/mol. The molecular formula is C58H47N7. The lowest BCUT2D eigenvalue weighted by atomic mass is 9.89. The number of amidine groups is 2. The van der Waals surface area contributed by atoms with Crippen LogP contribution in [0, 0.1) is 5.41 Å². The highest BCUT2D eigenvalue weighted by molar-refractivity contribution is 6.23. The van der Waals surface area contributed by atoms with Gasteiger partial charge in [-0.15, -0.1) is 0 Å². The summed E-state index contributed by atoms with van der Waals surface area (Å²) in [5.41, 5.74) is 19.6. The molecule has 0 atom stereocenters. The molecule has 0 bridgehead atoms. The monoisotopic (exact) mass is 841 g/mol. The van der Waals surface area contributed by atoms with Gasteiger partial charge in [-0.1, -0.05) is 170 Å². The molecule has 1 aliphatic carbocycles. The number of aromatic nitrogens is 1. The third-order valence-electron chi connectivity index (χ3n) is 12.2. The molecule has 0 aliphatic heterocycles. The molecule has 1 aromatic heterocycles. The second-order valence-corrected chi connectivity index (χ2v) is 16.2. The standard InChI is InChI=1S/C58H47N7/c1-61-58(62-38-39-19-8-3-9-20-39)65-52-34-31-44(40-21-10-4-11-22-40)35-48(52)50-36-49(47-33-32-45(41-23-12-5-13-24-41)46-29-18-30-51(59)55(46)47)53(37-54(50)65)64(2)57(43-27-16-7-17-28-43)63-56(60)42-25-14-6-15-26-42/h3-5,7-14,16-37,60H,1,6,15,38,59H2,2H3. The van der Waals surface area contributed by atoms with E-state index >= 15 is 0 Å². The molecule has 1 aliphatic rings. The molecule has 7 heteroatoms. The quantitative estimate of drug-likeness (QED) is 0.0905. The zero-order valence-corrected chi connectivity index (χ0v) is 36.2. The minimum absolute atomic E-state index is 0.199. The van der Waals surface area contributed by atoms with Gasteiger partial charge in [0.2, 0.25) is 5.96 Å². The number of benzene rings is 8. The molecule has 0 spiro atoms. The molecule has 65 heavy (non-hydrogen) atoms. The Balaban J connectivity index is 1.30. The zero-order chi connectivity index (χ0) is 44.3. The average Bonchev–Trinajstić information content (AvgIpc) is 3.68. The number of rotatable bonds is 8. The van der Waals surface area contributed by atoms with E-state index < -0.39 is 0 Å². The van der Waals surface area contributed by atoms with Crippen molar-refractivity contribution in [3.63, 3.8) is 0 Å². The predicted octanol–water partition coefficient (Wildman–Crippen LogP) is 13.8. The summed E-state index contributed by atoms with van der Waals surface area (Å²) in [7, 11) is 2.04. The molecule has 8 aromatic carbocycles. The van der Waals surface area contributed by atoms with Gasteiger partial charge < -0.3 is 10.6 Å². The highest BCUT2D eigenvalue weighted by atomic mass is 15.2. The summed E-state index contributed by atoms with van der Waals surface area (Å²) in [6.07, 6.45) is 8.02. The number of nitrogens with one attached hydrogen (secondary N) is 1. The second-order valence-electron chi connectivity index (χ2n) is 16.2. The van der Waals surface area contributed by atoms with Crippen molar-refractivity contribution in [2.75, 3.05) is 17.7 Å². The van der Waals surface area contributed by atoms with Gasteiger partial charge in [0, 0.05) is 45.6 Å². The first-order valence-corrected chi connectivity index (χ1v) is 21.9. The average molecular weight is 842 g/mol. The topological polar surface area (TPSA) is 95.1 Å². The Kier molecular flexibility index (Phi) is 11.1. The fraction of sp³-hybridized carbons (Fsp3) is 0.0690. The van der Waals surface area contributed by atoms with Crippen molar-refractivity contribution in [1.29, 1.82) is 5.41 Å². The SMILES string of the molecule is C=NC(=NCc1ccccc1)n1c2ccc(-c3ccccc3)cc2c2cc(-c3ccc(-c4ccccc4)c4cccc(N)c34)c(N(C)C(=NC(=N)C3=CCCC=C3)c3ccccc3)cc21. The van der Waals surface area contributed by atoms with Crippen LogP contribution >= 0.6 is 0 Å². The largest absolute Gasteiger partial charge is 0.398 e. The number of allylic oxidation sites excluding steroid dienone is 2. The van der Waals surface area contributed by atoms with Gasteiger partial charge in [-0.3, -0.25) is 9.98 Å². The van der Waals surface area contributed by atoms with E-state index in [0.29, 0.717) is 24.0 Å². The molecule has 10 rings (SSSR count). The van der Waals surface area contributed by atoms with Crippen LogP contribution in [0.25, 0.3) is 66.0 Å². The van der Waals surface area contributed by atoms with E-state index in [0.717, 1.165) is 101 Å². The van der Waals surface area contributed by atoms with Gasteiger partial charge in [0.25, 0.3) is 0 Å². The van der Waals surface area contributed by atoms with E-state index in [1.54, 1.807) is 0 Å². The van der Waals surface area contributed by atoms with Crippen LogP contribution in [0.3, 0.4) is 0 Å². The third-order valence-corrected chi connectivity index (χ3v) is 12.2. The van der Waals surface area contributed by atoms with Crippen molar-refractivity contribution >= 4 is 68.3 Å². The van der Waals surface area contributed by atoms with Gasteiger partial charge >= 0.3 is 0 Å². The van der Waals surface area contributed by atoms with Crippen molar-refractivity contribution < 1.29 is 0 Å². The van der Waals surface area contributed by atoms with Crippen LogP contribution in [0.2, 0.25) is 0 Å². The van der Waals surface area contributed by atoms with Crippen LogP contribution in [0.4, 0.5) is 11.4 Å². The van der Waals surface area contributed by atoms with Gasteiger partial charge in [0.1, 0.15) is 5.84 Å². The molecule has 0 fully saturated rings. The first-order chi connectivity index (χ1) is 32.0. The van der Waals surface area contributed by atoms with Crippen LogP contribution in [0.1, 0.15) is 24.0 Å². The normalized spacial score (nSPS) is 13.0. The van der Waals surface area contributed by atoms with E-state index in [4.69, 9.17) is 15.7 Å². The van der Waals surface area contributed by atoms with Gasteiger partial charge in [0.15, 0.2) is 5.84 Å². The maximum Gasteiger partial charge on any atom is 0.229 e. The van der Waals surface area contributed by atoms with Crippen molar-refractivity contribution in [3.05, 3.63) is 217 Å². The van der Waals surface area contributed by atoms with E-state index in [-0.39, 0.29) is 5.84 Å². The number of nitrogen functional groups attached to an aromatic ring is 1. The summed E-state index contributed by atoms with van der Waals surface area (Å²) in [5.74, 6) is 1.31. The number of anilines is 2. The summed E-state index contributed by atoms with van der Waals surface area (Å²) >= 11 is 0. The molecule has 0 amide bonds. The van der Waals surface area contributed by atoms with Crippen molar-refractivity contribution in [2.24, 2.45) is 15.0 Å². The maximum absolute atomic E-state index is 9.32. The van der Waals surface area contributed by atoms with Gasteiger partial charge in [-0.2, -0.15) is 0 Å². The van der Waals surface area contributed by atoms with Crippen molar-refractivity contribution in [2.45, 2.75) is 19.4 Å². The minimum atomic E-state index is 0.199. The Bertz CT molecular complexity index is 3380. The van der Waals surface area contributed by atoms with Crippen molar-refractivity contribution in [1.82, 2.24) is 4.57 Å². The Morgan fingerprint density at radius 1 is 0.646 bits per heavy atom. The van der Waals surface area contributed by atoms with Crippen LogP contribution in [-0.2, 0) is 6.54 Å². The number of aliphatic imine (C=N–C) groups is 3.